The number of H-pyrrole nitrogens is 2. The van der Waals surface area contributed by atoms with E-state index >= 15 is 0 Å². The zero-order valence-corrected chi connectivity index (χ0v) is 21.0. The zero-order valence-electron chi connectivity index (χ0n) is 20.2. The number of fused-ring (bicyclic) bond motifs is 2. The van der Waals surface area contributed by atoms with Crippen molar-refractivity contribution < 1.29 is 9.59 Å². The number of nitrogen functional groups attached to an aromatic ring is 1. The Balaban J connectivity index is 1.32. The third-order valence-electron chi connectivity index (χ3n) is 6.75. The second-order valence-electron chi connectivity index (χ2n) is 9.25. The number of imidazole rings is 1. The number of nitrogens with one attached hydrogen (secondary N) is 4. The molecule has 0 saturated heterocycles. The number of amides is 2. The molecule has 1 aliphatic heterocycles. The minimum Gasteiger partial charge on any atom is -0.382 e. The smallest absolute Gasteiger partial charge is 0.251 e. The molecule has 2 amide bonds. The van der Waals surface area contributed by atoms with E-state index in [0.29, 0.717) is 53.0 Å². The van der Waals surface area contributed by atoms with Gasteiger partial charge >= 0.3 is 0 Å². The van der Waals surface area contributed by atoms with Crippen LogP contribution in [-0.4, -0.2) is 38.5 Å². The van der Waals surface area contributed by atoms with Crippen molar-refractivity contribution >= 4 is 40.1 Å². The van der Waals surface area contributed by atoms with Gasteiger partial charge in [0.15, 0.2) is 5.82 Å². The molecule has 10 heteroatoms. The Hall–Kier alpha value is -4.63. The summed E-state index contributed by atoms with van der Waals surface area (Å²) in [6, 6.07) is 20.2. The van der Waals surface area contributed by atoms with Crippen molar-refractivity contribution in [2.45, 2.75) is 18.9 Å². The van der Waals surface area contributed by atoms with Crippen molar-refractivity contribution in [3.63, 3.8) is 0 Å². The Morgan fingerprint density at radius 1 is 1.11 bits per heavy atom. The average Bonchev–Trinajstić information content (AvgIpc) is 3.50. The minimum atomic E-state index is -0.484. The number of nitrogens with two attached hydrogens (primary N) is 1. The molecule has 1 atom stereocenters. The number of hydrogen-bond acceptors (Lipinski definition) is 5. The van der Waals surface area contributed by atoms with Gasteiger partial charge in [0.25, 0.3) is 11.8 Å². The molecular weight excluding hydrogens is 502 g/mol. The molecule has 190 valence electrons. The second-order valence-corrected chi connectivity index (χ2v) is 9.63. The molecule has 5 aromatic rings. The van der Waals surface area contributed by atoms with E-state index in [1.807, 2.05) is 48.5 Å². The number of anilines is 1. The third-order valence-corrected chi connectivity index (χ3v) is 7.03. The monoisotopic (exact) mass is 525 g/mol. The summed E-state index contributed by atoms with van der Waals surface area (Å²) >= 11 is 6.61. The summed E-state index contributed by atoms with van der Waals surface area (Å²) in [5, 5.41) is 14.1. The van der Waals surface area contributed by atoms with Gasteiger partial charge < -0.3 is 21.4 Å². The lowest BCUT2D eigenvalue weighted by Crippen LogP contribution is -2.33. The van der Waals surface area contributed by atoms with Crippen LogP contribution in [0.25, 0.3) is 22.2 Å². The first-order valence-corrected chi connectivity index (χ1v) is 12.6. The van der Waals surface area contributed by atoms with E-state index in [-0.39, 0.29) is 11.8 Å². The number of hydrogen-bond donors (Lipinski definition) is 5. The second kappa shape index (κ2) is 9.68. The third kappa shape index (κ3) is 4.48. The first kappa shape index (κ1) is 23.7. The van der Waals surface area contributed by atoms with Crippen LogP contribution in [0.5, 0.6) is 0 Å². The molecule has 0 aliphatic carbocycles. The van der Waals surface area contributed by atoms with Gasteiger partial charge in [0.1, 0.15) is 16.7 Å². The van der Waals surface area contributed by atoms with E-state index in [4.69, 9.17) is 22.3 Å². The van der Waals surface area contributed by atoms with Gasteiger partial charge in [0.05, 0.1) is 11.6 Å². The van der Waals surface area contributed by atoms with Crippen LogP contribution in [0.15, 0.2) is 66.7 Å². The molecule has 0 saturated carbocycles. The lowest BCUT2D eigenvalue weighted by molar-refractivity contribution is 0.0926. The molecule has 3 aromatic carbocycles. The summed E-state index contributed by atoms with van der Waals surface area (Å²) in [5.41, 5.74) is 11.0. The fraction of sp³-hybridized carbons (Fsp3) is 0.143. The minimum absolute atomic E-state index is 0.117. The molecule has 0 fully saturated rings. The summed E-state index contributed by atoms with van der Waals surface area (Å²) in [7, 11) is 0. The topological polar surface area (TPSA) is 142 Å². The molecule has 38 heavy (non-hydrogen) atoms. The lowest BCUT2D eigenvalue weighted by atomic mass is 9.97. The Morgan fingerprint density at radius 3 is 2.79 bits per heavy atom. The highest BCUT2D eigenvalue weighted by Crippen LogP contribution is 2.31. The van der Waals surface area contributed by atoms with Gasteiger partial charge in [-0.1, -0.05) is 48.0 Å². The van der Waals surface area contributed by atoms with Crippen LogP contribution in [-0.2, 0) is 12.8 Å². The van der Waals surface area contributed by atoms with Gasteiger partial charge in [-0.25, -0.2) is 4.98 Å². The van der Waals surface area contributed by atoms with Crippen LogP contribution in [0.3, 0.4) is 0 Å². The van der Waals surface area contributed by atoms with Gasteiger partial charge in [0, 0.05) is 28.6 Å². The van der Waals surface area contributed by atoms with Crippen molar-refractivity contribution in [3.05, 3.63) is 100.0 Å². The molecule has 9 nitrogen and oxygen atoms in total. The quantitative estimate of drug-likeness (QED) is 0.226. The lowest BCUT2D eigenvalue weighted by Gasteiger charge is -2.19. The van der Waals surface area contributed by atoms with E-state index in [9.17, 15) is 9.59 Å². The largest absolute Gasteiger partial charge is 0.382 e. The number of carbonyl (C=O) groups excluding carboxylic acids is 2. The van der Waals surface area contributed by atoms with E-state index < -0.39 is 6.04 Å². The SMILES string of the molecule is Nc1n[nH]c2cc(-c3nc(C(Cc4ccccc4)NC(=O)c4ccc5c(c4)CCNC5=O)[nH]c3Cl)ccc12. The highest BCUT2D eigenvalue weighted by molar-refractivity contribution is 6.32. The van der Waals surface area contributed by atoms with Gasteiger partial charge in [-0.05, 0) is 54.3 Å². The maximum Gasteiger partial charge on any atom is 0.251 e. The molecule has 1 aliphatic rings. The van der Waals surface area contributed by atoms with E-state index in [1.165, 1.54) is 0 Å². The highest BCUT2D eigenvalue weighted by atomic mass is 35.5. The fourth-order valence-electron chi connectivity index (χ4n) is 4.79. The van der Waals surface area contributed by atoms with Gasteiger partial charge in [-0.2, -0.15) is 5.10 Å². The van der Waals surface area contributed by atoms with Gasteiger partial charge in [-0.3, -0.25) is 14.7 Å². The number of carbonyl (C=O) groups is 2. The van der Waals surface area contributed by atoms with E-state index in [2.05, 4.69) is 25.8 Å². The number of aromatic nitrogens is 4. The molecule has 0 spiro atoms. The highest BCUT2D eigenvalue weighted by Gasteiger charge is 2.24. The zero-order chi connectivity index (χ0) is 26.2. The maximum atomic E-state index is 13.4. The summed E-state index contributed by atoms with van der Waals surface area (Å²) in [5.74, 6) is 0.578. The number of rotatable bonds is 6. The number of halogens is 1. The number of benzene rings is 3. The van der Waals surface area contributed by atoms with Crippen molar-refractivity contribution in [1.29, 1.82) is 0 Å². The van der Waals surface area contributed by atoms with E-state index in [1.54, 1.807) is 18.2 Å². The Bertz CT molecular complexity index is 1680. The first-order valence-electron chi connectivity index (χ1n) is 12.2. The number of aromatic amines is 2. The Kier molecular flexibility index (Phi) is 6.05. The molecule has 6 N–H and O–H groups in total. The molecule has 0 bridgehead atoms. The molecule has 0 radical (unpaired) electrons. The molecule has 2 aromatic heterocycles. The molecular formula is C28H24ClN7O2. The maximum absolute atomic E-state index is 13.4. The van der Waals surface area contributed by atoms with Crippen molar-refractivity contribution in [3.8, 4) is 11.3 Å². The average molecular weight is 526 g/mol. The first-order chi connectivity index (χ1) is 18.5. The molecule has 1 unspecified atom stereocenters. The predicted octanol–water partition coefficient (Wildman–Crippen LogP) is 4.19. The summed E-state index contributed by atoms with van der Waals surface area (Å²) in [6.45, 7) is 0.554. The van der Waals surface area contributed by atoms with Crippen LogP contribution >= 0.6 is 11.6 Å². The van der Waals surface area contributed by atoms with Crippen LogP contribution in [0.2, 0.25) is 5.15 Å². The van der Waals surface area contributed by atoms with Crippen molar-refractivity contribution in [1.82, 2.24) is 30.8 Å². The van der Waals surface area contributed by atoms with Crippen LogP contribution in [0.4, 0.5) is 5.82 Å². The van der Waals surface area contributed by atoms with Crippen LogP contribution in [0, 0.1) is 0 Å². The molecule has 6 rings (SSSR count). The summed E-state index contributed by atoms with van der Waals surface area (Å²) in [4.78, 5) is 33.5. The van der Waals surface area contributed by atoms with Crippen molar-refractivity contribution in [2.75, 3.05) is 12.3 Å². The van der Waals surface area contributed by atoms with E-state index in [0.717, 1.165) is 27.6 Å². The van der Waals surface area contributed by atoms with Gasteiger partial charge in [0.2, 0.25) is 0 Å². The van der Waals surface area contributed by atoms with Crippen LogP contribution < -0.4 is 16.4 Å². The summed E-state index contributed by atoms with van der Waals surface area (Å²) in [6.07, 6.45) is 1.18. The predicted molar refractivity (Wildman–Crippen MR) is 146 cm³/mol. The number of nitrogens with zero attached hydrogens (tertiary/aromatic N) is 2. The van der Waals surface area contributed by atoms with Crippen molar-refractivity contribution in [2.24, 2.45) is 0 Å². The van der Waals surface area contributed by atoms with Gasteiger partial charge in [-0.15, -0.1) is 0 Å². The standard InChI is InChI=1S/C28H24ClN7O2/c29-24-23(17-6-9-20-21(14-17)35-36-25(20)30)33-26(34-24)22(12-15-4-2-1-3-5-15)32-27(37)18-7-8-19-16(13-18)10-11-31-28(19)38/h1-9,13-14,22H,10-12H2,(H,31,38)(H,32,37)(H,33,34)(H3,30,35,36). The summed E-state index contributed by atoms with van der Waals surface area (Å²) < 4.78 is 0. The molecule has 3 heterocycles. The fourth-order valence-corrected chi connectivity index (χ4v) is 5.04. The normalized spacial score (nSPS) is 13.7. The Labute approximate surface area is 222 Å². The Morgan fingerprint density at radius 2 is 1.95 bits per heavy atom. The van der Waals surface area contributed by atoms with Crippen LogP contribution in [0.1, 0.15) is 43.7 Å².